The van der Waals surface area contributed by atoms with Crippen molar-refractivity contribution < 1.29 is 9.13 Å². The third-order valence-electron chi connectivity index (χ3n) is 3.05. The van der Waals surface area contributed by atoms with Crippen molar-refractivity contribution in [3.05, 3.63) is 24.3 Å². The number of nitrogens with one attached hydrogen (secondary N) is 4. The summed E-state index contributed by atoms with van der Waals surface area (Å²) >= 11 is 0. The van der Waals surface area contributed by atoms with Gasteiger partial charge in [-0.05, 0) is 0 Å². The molecule has 116 valence electrons. The summed E-state index contributed by atoms with van der Waals surface area (Å²) in [6, 6.07) is 0. The van der Waals surface area contributed by atoms with Crippen LogP contribution in [0, 0.1) is 0 Å². The van der Waals surface area contributed by atoms with E-state index in [-0.39, 0.29) is 0 Å². The fourth-order valence-corrected chi connectivity index (χ4v) is 3.77. The molecule has 0 spiro atoms. The van der Waals surface area contributed by atoms with E-state index >= 15 is 0 Å². The average Bonchev–Trinajstić information content (AvgIpc) is 2.48. The molecule has 0 aromatic heterocycles. The van der Waals surface area contributed by atoms with Gasteiger partial charge in [-0.15, -0.1) is 0 Å². The number of hydrogen-bond acceptors (Lipinski definition) is 8. The van der Waals surface area contributed by atoms with Gasteiger partial charge in [-0.25, -0.2) is 0 Å². The lowest BCUT2D eigenvalue weighted by Gasteiger charge is -2.38. The molecule has 0 saturated heterocycles. The van der Waals surface area contributed by atoms with Gasteiger partial charge in [0.2, 0.25) is 0 Å². The molecule has 0 bridgehead atoms. The molecular formula is C6H20N10O2P2. The van der Waals surface area contributed by atoms with Crippen molar-refractivity contribution in [3.63, 3.8) is 0 Å². The number of hydrazine groups is 4. The summed E-state index contributed by atoms with van der Waals surface area (Å²) in [5, 5.41) is 5.01. The minimum atomic E-state index is -3.58. The predicted octanol–water partition coefficient (Wildman–Crippen LogP) is -3.34. The van der Waals surface area contributed by atoms with Gasteiger partial charge in [0.25, 0.3) is 14.9 Å². The van der Waals surface area contributed by atoms with E-state index in [1.165, 1.54) is 24.3 Å². The molecule has 0 saturated carbocycles. The highest BCUT2D eigenvalue weighted by atomic mass is 31.2. The lowest BCUT2D eigenvalue weighted by molar-refractivity contribution is 0.529. The summed E-state index contributed by atoms with van der Waals surface area (Å²) in [6.07, 6.45) is 4.98. The van der Waals surface area contributed by atoms with Crippen molar-refractivity contribution in [2.75, 3.05) is 0 Å². The van der Waals surface area contributed by atoms with Gasteiger partial charge in [0.05, 0.1) is 0 Å². The van der Waals surface area contributed by atoms with Crippen molar-refractivity contribution in [2.24, 2.45) is 34.8 Å². The van der Waals surface area contributed by atoms with E-state index < -0.39 is 25.4 Å². The number of rotatable bonds is 6. The van der Waals surface area contributed by atoms with Crippen LogP contribution in [-0.2, 0) is 9.13 Å². The Labute approximate surface area is 115 Å². The van der Waals surface area contributed by atoms with E-state index in [4.69, 9.17) is 34.8 Å². The molecule has 0 aromatic carbocycles. The Morgan fingerprint density at radius 2 is 0.850 bits per heavy atom. The normalized spacial score (nSPS) is 30.7. The molecule has 0 aliphatic heterocycles. The highest BCUT2D eigenvalue weighted by Gasteiger charge is 2.48. The molecular weight excluding hydrogens is 306 g/mol. The summed E-state index contributed by atoms with van der Waals surface area (Å²) < 4.78 is 24.7. The first-order valence-corrected chi connectivity index (χ1v) is 8.67. The highest BCUT2D eigenvalue weighted by Crippen LogP contribution is 2.54. The van der Waals surface area contributed by atoms with Crippen molar-refractivity contribution in [2.45, 2.75) is 10.6 Å². The highest BCUT2D eigenvalue weighted by molar-refractivity contribution is 7.62. The van der Waals surface area contributed by atoms with Crippen LogP contribution in [0.5, 0.6) is 0 Å². The lowest BCUT2D eigenvalue weighted by atomic mass is 10.1. The zero-order valence-corrected chi connectivity index (χ0v) is 12.3. The van der Waals surface area contributed by atoms with E-state index in [1.54, 1.807) is 0 Å². The maximum atomic E-state index is 12.3. The van der Waals surface area contributed by atoms with Crippen LogP contribution in [0.3, 0.4) is 0 Å². The Bertz CT molecular complexity index is 444. The first-order valence-electron chi connectivity index (χ1n) is 5.26. The van der Waals surface area contributed by atoms with Crippen molar-refractivity contribution in [1.82, 2.24) is 20.8 Å². The maximum absolute atomic E-state index is 12.3. The van der Waals surface area contributed by atoms with Crippen LogP contribution in [0.4, 0.5) is 0 Å². The molecule has 0 unspecified atom stereocenters. The zero-order chi connectivity index (χ0) is 15.7. The van der Waals surface area contributed by atoms with Gasteiger partial charge in [0, 0.05) is 0 Å². The lowest BCUT2D eigenvalue weighted by Crippen LogP contribution is -2.54. The van der Waals surface area contributed by atoms with Gasteiger partial charge in [-0.3, -0.25) is 32.5 Å². The van der Waals surface area contributed by atoms with Gasteiger partial charge < -0.3 is 11.5 Å². The van der Waals surface area contributed by atoms with Crippen LogP contribution in [0.2, 0.25) is 0 Å². The predicted molar refractivity (Wildman–Crippen MR) is 76.6 cm³/mol. The summed E-state index contributed by atoms with van der Waals surface area (Å²) in [5.74, 6) is 20.7. The summed E-state index contributed by atoms with van der Waals surface area (Å²) in [6.45, 7) is 0. The van der Waals surface area contributed by atoms with Crippen molar-refractivity contribution in [1.29, 1.82) is 0 Å². The molecule has 16 N–H and O–H groups in total. The molecule has 14 heteroatoms. The van der Waals surface area contributed by atoms with Crippen LogP contribution in [0.15, 0.2) is 24.3 Å². The standard InChI is InChI=1S/C6H20N10O2P2/c7-5(19(17,13-9)14-10)1-2-6(8,4-3-5)20(18,15-11)16-12/h1-4H,7-12H2,(H2,13,14,17)(H2,15,16,18). The molecule has 0 heterocycles. The fourth-order valence-electron chi connectivity index (χ4n) is 1.59. The van der Waals surface area contributed by atoms with Crippen LogP contribution in [0.25, 0.3) is 0 Å². The van der Waals surface area contributed by atoms with Gasteiger partial charge >= 0.3 is 0 Å². The Morgan fingerprint density at radius 1 is 0.650 bits per heavy atom. The van der Waals surface area contributed by atoms with Crippen molar-refractivity contribution >= 4 is 14.9 Å². The minimum Gasteiger partial charge on any atom is -0.310 e. The smallest absolute Gasteiger partial charge is 0.263 e. The van der Waals surface area contributed by atoms with E-state index in [9.17, 15) is 9.13 Å². The van der Waals surface area contributed by atoms with Crippen LogP contribution in [-0.4, -0.2) is 10.6 Å². The molecule has 1 rings (SSSR count). The first kappa shape index (κ1) is 17.6. The second-order valence-corrected chi connectivity index (χ2v) is 9.20. The monoisotopic (exact) mass is 326 g/mol. The first-order chi connectivity index (χ1) is 9.16. The Morgan fingerprint density at radius 3 is 1.00 bits per heavy atom. The molecule has 1 aliphatic carbocycles. The second-order valence-electron chi connectivity index (χ2n) is 4.18. The molecule has 1 aliphatic rings. The fraction of sp³-hybridized carbons (Fsp3) is 0.333. The van der Waals surface area contributed by atoms with Crippen LogP contribution in [0.1, 0.15) is 0 Å². The summed E-state index contributed by atoms with van der Waals surface area (Å²) in [7, 11) is -7.17. The van der Waals surface area contributed by atoms with Gasteiger partial charge in [0.15, 0.2) is 0 Å². The molecule has 12 nitrogen and oxygen atoms in total. The van der Waals surface area contributed by atoms with Gasteiger partial charge in [-0.1, -0.05) is 24.3 Å². The topological polar surface area (TPSA) is 238 Å². The Kier molecular flexibility index (Phi) is 5.04. The van der Waals surface area contributed by atoms with E-state index in [1.807, 2.05) is 20.8 Å². The van der Waals surface area contributed by atoms with Crippen molar-refractivity contribution in [3.8, 4) is 0 Å². The van der Waals surface area contributed by atoms with Gasteiger partial charge in [0.1, 0.15) is 10.6 Å². The molecule has 0 aromatic rings. The Balaban J connectivity index is 3.22. The molecule has 0 amide bonds. The van der Waals surface area contributed by atoms with E-state index in [2.05, 4.69) is 0 Å². The van der Waals surface area contributed by atoms with Gasteiger partial charge in [-0.2, -0.15) is 20.8 Å². The quantitative estimate of drug-likeness (QED) is 0.0997. The van der Waals surface area contributed by atoms with Crippen LogP contribution < -0.4 is 55.6 Å². The van der Waals surface area contributed by atoms with E-state index in [0.717, 1.165) is 0 Å². The maximum Gasteiger partial charge on any atom is 0.263 e. The largest absolute Gasteiger partial charge is 0.310 e. The minimum absolute atomic E-state index is 1.24. The third-order valence-corrected chi connectivity index (χ3v) is 7.29. The SMILES string of the molecule is NNP(=O)(NN)C1(N)C=CC(N)(P(=O)(NN)NN)C=C1. The second kappa shape index (κ2) is 5.73. The van der Waals surface area contributed by atoms with Crippen LogP contribution >= 0.6 is 14.9 Å². The van der Waals surface area contributed by atoms with E-state index in [0.29, 0.717) is 0 Å². The average molecular weight is 326 g/mol. The summed E-state index contributed by atoms with van der Waals surface area (Å²) in [5.41, 5.74) is 11.9. The third kappa shape index (κ3) is 2.53. The molecule has 0 fully saturated rings. The molecule has 20 heavy (non-hydrogen) atoms. The number of nitrogens with two attached hydrogens (primary N) is 6. The zero-order valence-electron chi connectivity index (χ0n) is 10.5. The number of hydrogen-bond donors (Lipinski definition) is 10. The summed E-state index contributed by atoms with van der Waals surface area (Å²) in [4.78, 5) is 0. The molecule has 0 radical (unpaired) electrons. The molecule has 0 atom stereocenters. The Hall–Kier alpha value is -0.460.